The minimum absolute atomic E-state index is 0.00742. The van der Waals surface area contributed by atoms with Gasteiger partial charge in [-0.05, 0) is 38.2 Å². The number of benzene rings is 1. The second-order valence-electron chi connectivity index (χ2n) is 4.60. The molecule has 3 N–H and O–H groups in total. The Hall–Kier alpha value is -1.62. The zero-order valence-corrected chi connectivity index (χ0v) is 11.7. The van der Waals surface area contributed by atoms with Crippen LogP contribution >= 0.6 is 0 Å². The molecule has 0 aliphatic heterocycles. The van der Waals surface area contributed by atoms with Crippen molar-refractivity contribution in [2.45, 2.75) is 26.8 Å². The number of nitrogens with zero attached hydrogens (tertiary/aromatic N) is 1. The molecule has 0 saturated carbocycles. The molecular formula is C14H22FN3O. The van der Waals surface area contributed by atoms with E-state index in [0.29, 0.717) is 0 Å². The number of likely N-dealkylation sites (N-methyl/N-ethyl adjacent to an activating group) is 1. The van der Waals surface area contributed by atoms with Gasteiger partial charge in [0, 0.05) is 18.2 Å². The molecule has 1 aromatic rings. The van der Waals surface area contributed by atoms with Crippen LogP contribution in [-0.4, -0.2) is 36.5 Å². The van der Waals surface area contributed by atoms with Gasteiger partial charge < -0.3 is 16.0 Å². The molecule has 5 heteroatoms. The van der Waals surface area contributed by atoms with Crippen LogP contribution in [0.25, 0.3) is 0 Å². The van der Waals surface area contributed by atoms with Crippen LogP contribution in [-0.2, 0) is 0 Å². The number of anilines is 1. The van der Waals surface area contributed by atoms with Crippen molar-refractivity contribution < 1.29 is 9.18 Å². The third-order valence-corrected chi connectivity index (χ3v) is 3.07. The predicted molar refractivity (Wildman–Crippen MR) is 75.5 cm³/mol. The van der Waals surface area contributed by atoms with Gasteiger partial charge in [-0.1, -0.05) is 13.8 Å². The fourth-order valence-electron chi connectivity index (χ4n) is 1.89. The van der Waals surface area contributed by atoms with E-state index in [4.69, 9.17) is 5.73 Å². The molecule has 1 atom stereocenters. The lowest BCUT2D eigenvalue weighted by Crippen LogP contribution is -2.41. The summed E-state index contributed by atoms with van der Waals surface area (Å²) >= 11 is 0. The van der Waals surface area contributed by atoms with Crippen molar-refractivity contribution in [3.8, 4) is 0 Å². The first-order chi connectivity index (χ1) is 8.97. The van der Waals surface area contributed by atoms with Crippen molar-refractivity contribution >= 4 is 11.6 Å². The van der Waals surface area contributed by atoms with Crippen molar-refractivity contribution in [2.24, 2.45) is 0 Å². The summed E-state index contributed by atoms with van der Waals surface area (Å²) in [7, 11) is 0. The molecule has 0 fully saturated rings. The van der Waals surface area contributed by atoms with Gasteiger partial charge >= 0.3 is 0 Å². The Morgan fingerprint density at radius 3 is 2.58 bits per heavy atom. The molecule has 1 rings (SSSR count). The Morgan fingerprint density at radius 1 is 1.42 bits per heavy atom. The Morgan fingerprint density at radius 2 is 2.05 bits per heavy atom. The molecule has 0 aromatic heterocycles. The maximum Gasteiger partial charge on any atom is 0.251 e. The number of rotatable bonds is 6. The van der Waals surface area contributed by atoms with Crippen molar-refractivity contribution in [1.29, 1.82) is 0 Å². The Kier molecular flexibility index (Phi) is 5.76. The highest BCUT2D eigenvalue weighted by Crippen LogP contribution is 2.12. The van der Waals surface area contributed by atoms with Crippen LogP contribution in [0.15, 0.2) is 18.2 Å². The molecule has 0 saturated heterocycles. The summed E-state index contributed by atoms with van der Waals surface area (Å²) in [5, 5.41) is 2.85. The van der Waals surface area contributed by atoms with Gasteiger partial charge in [0.25, 0.3) is 5.91 Å². The van der Waals surface area contributed by atoms with E-state index >= 15 is 0 Å². The summed E-state index contributed by atoms with van der Waals surface area (Å²) in [4.78, 5) is 14.2. The first-order valence-corrected chi connectivity index (χ1v) is 6.56. The maximum atomic E-state index is 13.3. The molecule has 0 aliphatic carbocycles. The molecule has 0 bridgehead atoms. The van der Waals surface area contributed by atoms with Crippen LogP contribution in [0.2, 0.25) is 0 Å². The number of hydrogen-bond donors (Lipinski definition) is 2. The van der Waals surface area contributed by atoms with Crippen LogP contribution in [0, 0.1) is 5.82 Å². The lowest BCUT2D eigenvalue weighted by Gasteiger charge is -2.23. The highest BCUT2D eigenvalue weighted by Gasteiger charge is 2.13. The van der Waals surface area contributed by atoms with Gasteiger partial charge in [-0.2, -0.15) is 0 Å². The SMILES string of the molecule is CCN(CC)CC(C)NC(=O)c1ccc(N)c(F)c1. The lowest BCUT2D eigenvalue weighted by molar-refractivity contribution is 0.0930. The normalized spacial score (nSPS) is 12.5. The quantitative estimate of drug-likeness (QED) is 0.774. The van der Waals surface area contributed by atoms with Crippen molar-refractivity contribution in [2.75, 3.05) is 25.4 Å². The third-order valence-electron chi connectivity index (χ3n) is 3.07. The number of hydrogen-bond acceptors (Lipinski definition) is 3. The molecule has 0 radical (unpaired) electrons. The van der Waals surface area contributed by atoms with Gasteiger partial charge in [-0.15, -0.1) is 0 Å². The maximum absolute atomic E-state index is 13.3. The van der Waals surface area contributed by atoms with Crippen LogP contribution < -0.4 is 11.1 Å². The molecule has 0 aliphatic rings. The average molecular weight is 267 g/mol. The van der Waals surface area contributed by atoms with E-state index in [1.54, 1.807) is 0 Å². The summed E-state index contributed by atoms with van der Waals surface area (Å²) in [6.45, 7) is 8.74. The number of nitrogens with two attached hydrogens (primary N) is 1. The van der Waals surface area contributed by atoms with Gasteiger partial charge in [-0.25, -0.2) is 4.39 Å². The topological polar surface area (TPSA) is 58.4 Å². The first kappa shape index (κ1) is 15.4. The zero-order chi connectivity index (χ0) is 14.4. The van der Waals surface area contributed by atoms with E-state index in [0.717, 1.165) is 25.7 Å². The number of nitrogens with one attached hydrogen (secondary N) is 1. The molecule has 106 valence electrons. The first-order valence-electron chi connectivity index (χ1n) is 6.56. The van der Waals surface area contributed by atoms with Gasteiger partial charge in [0.1, 0.15) is 5.82 Å². The fraction of sp³-hybridized carbons (Fsp3) is 0.500. The van der Waals surface area contributed by atoms with Crippen LogP contribution in [0.1, 0.15) is 31.1 Å². The standard InChI is InChI=1S/C14H22FN3O/c1-4-18(5-2)9-10(3)17-14(19)11-6-7-13(16)12(15)8-11/h6-8,10H,4-5,9,16H2,1-3H3,(H,17,19). The van der Waals surface area contributed by atoms with Crippen molar-refractivity contribution in [1.82, 2.24) is 10.2 Å². The van der Waals surface area contributed by atoms with Gasteiger partial charge in [0.15, 0.2) is 0 Å². The van der Waals surface area contributed by atoms with Crippen LogP contribution in [0.5, 0.6) is 0 Å². The number of halogens is 1. The largest absolute Gasteiger partial charge is 0.396 e. The second-order valence-corrected chi connectivity index (χ2v) is 4.60. The third kappa shape index (κ3) is 4.52. The summed E-state index contributed by atoms with van der Waals surface area (Å²) < 4.78 is 13.3. The van der Waals surface area contributed by atoms with Gasteiger partial charge in [0.05, 0.1) is 5.69 Å². The molecule has 1 amide bonds. The van der Waals surface area contributed by atoms with Crippen molar-refractivity contribution in [3.63, 3.8) is 0 Å². The van der Waals surface area contributed by atoms with Crippen LogP contribution in [0.4, 0.5) is 10.1 Å². The highest BCUT2D eigenvalue weighted by atomic mass is 19.1. The lowest BCUT2D eigenvalue weighted by atomic mass is 10.1. The monoisotopic (exact) mass is 267 g/mol. The smallest absolute Gasteiger partial charge is 0.251 e. The summed E-state index contributed by atoms with van der Waals surface area (Å²) in [5.74, 6) is -0.845. The minimum atomic E-state index is -0.566. The zero-order valence-electron chi connectivity index (χ0n) is 11.7. The molecule has 0 heterocycles. The highest BCUT2D eigenvalue weighted by molar-refractivity contribution is 5.94. The number of carbonyl (C=O) groups excluding carboxylic acids is 1. The van der Waals surface area contributed by atoms with E-state index in [1.165, 1.54) is 12.1 Å². The van der Waals surface area contributed by atoms with Gasteiger partial charge in [0.2, 0.25) is 0 Å². The summed E-state index contributed by atoms with van der Waals surface area (Å²) in [6, 6.07) is 4.10. The van der Waals surface area contributed by atoms with Crippen molar-refractivity contribution in [3.05, 3.63) is 29.6 Å². The molecule has 0 spiro atoms. The van der Waals surface area contributed by atoms with E-state index in [2.05, 4.69) is 24.1 Å². The fourth-order valence-corrected chi connectivity index (χ4v) is 1.89. The van der Waals surface area contributed by atoms with E-state index in [1.807, 2.05) is 6.92 Å². The minimum Gasteiger partial charge on any atom is -0.396 e. The van der Waals surface area contributed by atoms with E-state index < -0.39 is 5.82 Å². The molecule has 1 aromatic carbocycles. The Balaban J connectivity index is 2.61. The number of nitrogen functional groups attached to an aromatic ring is 1. The molecule has 19 heavy (non-hydrogen) atoms. The Labute approximate surface area is 113 Å². The second kappa shape index (κ2) is 7.09. The molecular weight excluding hydrogens is 245 g/mol. The molecule has 1 unspecified atom stereocenters. The average Bonchev–Trinajstić information content (AvgIpc) is 2.38. The number of amides is 1. The van der Waals surface area contributed by atoms with E-state index in [9.17, 15) is 9.18 Å². The summed E-state index contributed by atoms with van der Waals surface area (Å²) in [5.41, 5.74) is 5.72. The van der Waals surface area contributed by atoms with Crippen LogP contribution in [0.3, 0.4) is 0 Å². The van der Waals surface area contributed by atoms with E-state index in [-0.39, 0.29) is 23.2 Å². The predicted octanol–water partition coefficient (Wildman–Crippen LogP) is 1.87. The molecule has 4 nitrogen and oxygen atoms in total. The summed E-state index contributed by atoms with van der Waals surface area (Å²) in [6.07, 6.45) is 0. The van der Waals surface area contributed by atoms with Gasteiger partial charge in [-0.3, -0.25) is 4.79 Å². The Bertz CT molecular complexity index is 433. The number of carbonyl (C=O) groups is 1.